The van der Waals surface area contributed by atoms with Crippen LogP contribution in [0.3, 0.4) is 0 Å². The van der Waals surface area contributed by atoms with Crippen molar-refractivity contribution in [2.45, 2.75) is 44.7 Å². The molecule has 2 amide bonds. The monoisotopic (exact) mass is 477 g/mol. The van der Waals surface area contributed by atoms with Crippen LogP contribution in [0.2, 0.25) is 0 Å². The van der Waals surface area contributed by atoms with Crippen LogP contribution in [0.4, 0.5) is 16.2 Å². The van der Waals surface area contributed by atoms with Crippen molar-refractivity contribution < 1.29 is 32.3 Å². The van der Waals surface area contributed by atoms with E-state index in [0.29, 0.717) is 11.4 Å². The minimum absolute atomic E-state index is 0.0602. The van der Waals surface area contributed by atoms with Crippen LogP contribution in [0.1, 0.15) is 38.1 Å². The number of amides is 2. The molecule has 2 aromatic carbocycles. The van der Waals surface area contributed by atoms with Crippen molar-refractivity contribution in [3.8, 4) is 0 Å². The number of rotatable bonds is 9. The zero-order valence-electron chi connectivity index (χ0n) is 18.7. The summed E-state index contributed by atoms with van der Waals surface area (Å²) in [4.78, 5) is 36.4. The van der Waals surface area contributed by atoms with Gasteiger partial charge in [-0.25, -0.2) is 22.7 Å². The normalized spacial score (nSPS) is 12.0. The molecule has 0 saturated carbocycles. The lowest BCUT2D eigenvalue weighted by molar-refractivity contribution is -0.123. The van der Waals surface area contributed by atoms with E-state index in [1.165, 1.54) is 43.3 Å². The Labute approximate surface area is 192 Å². The summed E-state index contributed by atoms with van der Waals surface area (Å²) in [6.45, 7) is 6.69. The fourth-order valence-corrected chi connectivity index (χ4v) is 3.88. The number of anilines is 2. The van der Waals surface area contributed by atoms with Crippen molar-refractivity contribution in [3.05, 3.63) is 54.1 Å². The van der Waals surface area contributed by atoms with Crippen molar-refractivity contribution >= 4 is 39.4 Å². The van der Waals surface area contributed by atoms with Crippen molar-refractivity contribution in [1.82, 2.24) is 4.72 Å². The van der Waals surface area contributed by atoms with Crippen molar-refractivity contribution in [2.75, 3.05) is 17.2 Å². The van der Waals surface area contributed by atoms with Crippen molar-refractivity contribution in [3.63, 3.8) is 0 Å². The number of esters is 1. The molecule has 0 radical (unpaired) electrons. The third-order valence-electron chi connectivity index (χ3n) is 4.10. The van der Waals surface area contributed by atoms with E-state index < -0.39 is 34.1 Å². The number of benzene rings is 2. The van der Waals surface area contributed by atoms with Crippen LogP contribution in [0.25, 0.3) is 0 Å². The summed E-state index contributed by atoms with van der Waals surface area (Å²) in [5, 5.41) is 5.04. The Hall–Kier alpha value is -3.44. The standard InChI is InChI=1S/C22H27N3O7S/c1-5-31-22(28)24-18-8-6-7-16(13-18)21(27)32-15(4)20(26)23-17-9-11-19(12-10-17)33(29,30)25-14(2)3/h6-15,25H,5H2,1-4H3,(H,23,26)(H,24,28). The predicted octanol–water partition coefficient (Wildman–Crippen LogP) is 3.13. The Kier molecular flexibility index (Phi) is 8.94. The molecule has 10 nitrogen and oxygen atoms in total. The Balaban J connectivity index is 1.98. The fourth-order valence-electron chi connectivity index (χ4n) is 2.63. The van der Waals surface area contributed by atoms with Gasteiger partial charge in [0.05, 0.1) is 17.1 Å². The third kappa shape index (κ3) is 7.88. The van der Waals surface area contributed by atoms with E-state index in [0.717, 1.165) is 0 Å². The van der Waals surface area contributed by atoms with E-state index in [1.807, 2.05) is 0 Å². The second kappa shape index (κ2) is 11.4. The predicted molar refractivity (Wildman–Crippen MR) is 122 cm³/mol. The highest BCUT2D eigenvalue weighted by atomic mass is 32.2. The number of nitrogens with one attached hydrogen (secondary N) is 3. The highest BCUT2D eigenvalue weighted by Crippen LogP contribution is 2.16. The molecule has 0 bridgehead atoms. The first-order chi connectivity index (χ1) is 15.5. The van der Waals surface area contributed by atoms with E-state index in [4.69, 9.17) is 9.47 Å². The molecule has 11 heteroatoms. The second-order valence-corrected chi connectivity index (χ2v) is 8.98. The number of hydrogen-bond acceptors (Lipinski definition) is 7. The number of carbonyl (C=O) groups excluding carboxylic acids is 3. The first-order valence-corrected chi connectivity index (χ1v) is 11.7. The maximum Gasteiger partial charge on any atom is 0.411 e. The summed E-state index contributed by atoms with van der Waals surface area (Å²) in [6.07, 6.45) is -1.79. The van der Waals surface area contributed by atoms with Crippen molar-refractivity contribution in [1.29, 1.82) is 0 Å². The summed E-state index contributed by atoms with van der Waals surface area (Å²) in [7, 11) is -3.65. The Morgan fingerprint density at radius 1 is 0.939 bits per heavy atom. The summed E-state index contributed by atoms with van der Waals surface area (Å²) in [5.41, 5.74) is 0.810. The average Bonchev–Trinajstić information content (AvgIpc) is 2.73. The van der Waals surface area contributed by atoms with Gasteiger partial charge in [-0.1, -0.05) is 6.07 Å². The van der Waals surface area contributed by atoms with Gasteiger partial charge in [-0.2, -0.15) is 0 Å². The number of sulfonamides is 1. The van der Waals surface area contributed by atoms with E-state index in [1.54, 1.807) is 32.9 Å². The minimum atomic E-state index is -3.65. The van der Waals surface area contributed by atoms with Gasteiger partial charge in [-0.3, -0.25) is 10.1 Å². The molecule has 178 valence electrons. The molecule has 0 saturated heterocycles. The Morgan fingerprint density at radius 3 is 2.21 bits per heavy atom. The van der Waals surface area contributed by atoms with Gasteiger partial charge in [0.25, 0.3) is 5.91 Å². The summed E-state index contributed by atoms with van der Waals surface area (Å²) in [5.74, 6) is -1.36. The van der Waals surface area contributed by atoms with E-state index in [9.17, 15) is 22.8 Å². The lowest BCUT2D eigenvalue weighted by atomic mass is 10.2. The minimum Gasteiger partial charge on any atom is -0.450 e. The topological polar surface area (TPSA) is 140 Å². The molecular formula is C22H27N3O7S. The Morgan fingerprint density at radius 2 is 1.61 bits per heavy atom. The molecule has 0 heterocycles. The molecule has 33 heavy (non-hydrogen) atoms. The quantitative estimate of drug-likeness (QED) is 0.471. The zero-order valence-corrected chi connectivity index (χ0v) is 19.6. The molecule has 2 rings (SSSR count). The van der Waals surface area contributed by atoms with Crippen LogP contribution in [0.5, 0.6) is 0 Å². The largest absolute Gasteiger partial charge is 0.450 e. The van der Waals surface area contributed by atoms with Crippen LogP contribution in [0, 0.1) is 0 Å². The van der Waals surface area contributed by atoms with E-state index in [2.05, 4.69) is 15.4 Å². The Bertz CT molecular complexity index is 1100. The fraction of sp³-hybridized carbons (Fsp3) is 0.318. The van der Waals surface area contributed by atoms with Gasteiger partial charge in [0.15, 0.2) is 6.10 Å². The molecule has 1 atom stereocenters. The molecule has 1 unspecified atom stereocenters. The highest BCUT2D eigenvalue weighted by molar-refractivity contribution is 7.89. The SMILES string of the molecule is CCOC(=O)Nc1cccc(C(=O)OC(C)C(=O)Nc2ccc(S(=O)(=O)NC(C)C)cc2)c1. The van der Waals surface area contributed by atoms with Gasteiger partial charge in [-0.15, -0.1) is 0 Å². The van der Waals surface area contributed by atoms with Gasteiger partial charge in [-0.05, 0) is 70.2 Å². The van der Waals surface area contributed by atoms with Gasteiger partial charge >= 0.3 is 12.1 Å². The molecule has 0 aliphatic heterocycles. The third-order valence-corrected chi connectivity index (χ3v) is 5.77. The number of hydrogen-bond donors (Lipinski definition) is 3. The molecule has 0 aliphatic carbocycles. The lowest BCUT2D eigenvalue weighted by Crippen LogP contribution is -2.30. The summed E-state index contributed by atoms with van der Waals surface area (Å²) < 4.78 is 36.8. The van der Waals surface area contributed by atoms with E-state index >= 15 is 0 Å². The zero-order chi connectivity index (χ0) is 24.6. The summed E-state index contributed by atoms with van der Waals surface area (Å²) in [6, 6.07) is 11.3. The first-order valence-electron chi connectivity index (χ1n) is 10.2. The summed E-state index contributed by atoms with van der Waals surface area (Å²) >= 11 is 0. The van der Waals surface area contributed by atoms with Crippen LogP contribution in [-0.2, 0) is 24.3 Å². The molecule has 0 fully saturated rings. The van der Waals surface area contributed by atoms with Gasteiger partial charge < -0.3 is 14.8 Å². The first kappa shape index (κ1) is 25.8. The van der Waals surface area contributed by atoms with Gasteiger partial charge in [0.2, 0.25) is 10.0 Å². The maximum absolute atomic E-state index is 12.4. The van der Waals surface area contributed by atoms with Gasteiger partial charge in [0.1, 0.15) is 0 Å². The van der Waals surface area contributed by atoms with Crippen LogP contribution < -0.4 is 15.4 Å². The molecular weight excluding hydrogens is 450 g/mol. The smallest absolute Gasteiger partial charge is 0.411 e. The molecule has 0 aliphatic rings. The van der Waals surface area contributed by atoms with Crippen LogP contribution in [0.15, 0.2) is 53.4 Å². The maximum atomic E-state index is 12.4. The molecule has 3 N–H and O–H groups in total. The number of ether oxygens (including phenoxy) is 2. The molecule has 2 aromatic rings. The second-order valence-electron chi connectivity index (χ2n) is 7.26. The van der Waals surface area contributed by atoms with Gasteiger partial charge in [0, 0.05) is 17.4 Å². The number of carbonyl (C=O) groups is 3. The van der Waals surface area contributed by atoms with Crippen LogP contribution >= 0.6 is 0 Å². The highest BCUT2D eigenvalue weighted by Gasteiger charge is 2.20. The molecule has 0 spiro atoms. The average molecular weight is 478 g/mol. The molecule has 0 aromatic heterocycles. The van der Waals surface area contributed by atoms with E-state index in [-0.39, 0.29) is 23.1 Å². The van der Waals surface area contributed by atoms with Crippen LogP contribution in [-0.4, -0.2) is 45.1 Å². The van der Waals surface area contributed by atoms with Crippen molar-refractivity contribution in [2.24, 2.45) is 0 Å². The lowest BCUT2D eigenvalue weighted by Gasteiger charge is -2.14.